The van der Waals surface area contributed by atoms with Crippen molar-refractivity contribution in [1.29, 1.82) is 0 Å². The van der Waals surface area contributed by atoms with E-state index in [0.29, 0.717) is 23.9 Å². The van der Waals surface area contributed by atoms with Crippen LogP contribution >= 0.6 is 0 Å². The monoisotopic (exact) mass is 330 g/mol. The van der Waals surface area contributed by atoms with Gasteiger partial charge in [-0.2, -0.15) is 0 Å². The molecule has 0 radical (unpaired) electrons. The molecule has 0 spiro atoms. The van der Waals surface area contributed by atoms with Gasteiger partial charge in [0.2, 0.25) is 5.88 Å². The van der Waals surface area contributed by atoms with E-state index in [9.17, 15) is 4.39 Å². The van der Waals surface area contributed by atoms with E-state index in [-0.39, 0.29) is 11.9 Å². The van der Waals surface area contributed by atoms with E-state index in [1.807, 2.05) is 25.1 Å². The molecule has 0 saturated heterocycles. The van der Waals surface area contributed by atoms with Gasteiger partial charge in [-0.15, -0.1) is 0 Å². The van der Waals surface area contributed by atoms with E-state index in [1.165, 1.54) is 0 Å². The normalized spacial score (nSPS) is 12.6. The zero-order chi connectivity index (χ0) is 17.5. The van der Waals surface area contributed by atoms with Gasteiger partial charge in [0.15, 0.2) is 5.96 Å². The van der Waals surface area contributed by atoms with Gasteiger partial charge in [-0.3, -0.25) is 4.99 Å². The molecule has 2 N–H and O–H groups in total. The Morgan fingerprint density at radius 3 is 2.79 bits per heavy atom. The van der Waals surface area contributed by atoms with E-state index in [2.05, 4.69) is 20.6 Å². The molecule has 2 rings (SSSR count). The minimum Gasteiger partial charge on any atom is -0.481 e. The van der Waals surface area contributed by atoms with Crippen molar-refractivity contribution in [2.45, 2.75) is 26.4 Å². The highest BCUT2D eigenvalue weighted by Gasteiger charge is 2.10. The summed E-state index contributed by atoms with van der Waals surface area (Å²) in [7, 11) is 3.28. The van der Waals surface area contributed by atoms with Crippen LogP contribution in [0.4, 0.5) is 4.39 Å². The van der Waals surface area contributed by atoms with Gasteiger partial charge in [-0.05, 0) is 37.1 Å². The molecule has 24 heavy (non-hydrogen) atoms. The van der Waals surface area contributed by atoms with Crippen LogP contribution in [-0.4, -0.2) is 25.1 Å². The van der Waals surface area contributed by atoms with Crippen molar-refractivity contribution in [3.05, 3.63) is 59.0 Å². The summed E-state index contributed by atoms with van der Waals surface area (Å²) in [4.78, 5) is 8.53. The minimum absolute atomic E-state index is 0.0791. The number of hydrogen-bond acceptors (Lipinski definition) is 3. The fourth-order valence-electron chi connectivity index (χ4n) is 2.21. The number of benzene rings is 1. The summed E-state index contributed by atoms with van der Waals surface area (Å²) in [5.74, 6) is 0.985. The molecular formula is C18H23FN4O. The van der Waals surface area contributed by atoms with Gasteiger partial charge in [0.05, 0.1) is 25.4 Å². The number of rotatable bonds is 5. The van der Waals surface area contributed by atoms with E-state index in [4.69, 9.17) is 4.74 Å². The molecule has 128 valence electrons. The van der Waals surface area contributed by atoms with Gasteiger partial charge in [-0.25, -0.2) is 9.37 Å². The Labute approximate surface area is 142 Å². The number of hydrogen-bond donors (Lipinski definition) is 2. The van der Waals surface area contributed by atoms with Crippen molar-refractivity contribution in [3.63, 3.8) is 0 Å². The van der Waals surface area contributed by atoms with Crippen molar-refractivity contribution >= 4 is 5.96 Å². The predicted octanol–water partition coefficient (Wildman–Crippen LogP) is 2.96. The Bertz CT molecular complexity index is 718. The van der Waals surface area contributed by atoms with Crippen LogP contribution in [0.1, 0.15) is 29.8 Å². The molecule has 5 nitrogen and oxygen atoms in total. The van der Waals surface area contributed by atoms with Crippen LogP contribution in [0.2, 0.25) is 0 Å². The standard InChI is InChI=1S/C18H23FN4O/c1-12-8-9-14(10-16(12)19)13(2)22-18(20-3)21-11-15-6-5-7-17(23-15)24-4/h5-10,13H,11H2,1-4H3,(H2,20,21,22). The van der Waals surface area contributed by atoms with Crippen molar-refractivity contribution < 1.29 is 9.13 Å². The lowest BCUT2D eigenvalue weighted by molar-refractivity contribution is 0.396. The topological polar surface area (TPSA) is 58.5 Å². The lowest BCUT2D eigenvalue weighted by Crippen LogP contribution is -2.38. The molecule has 0 fully saturated rings. The van der Waals surface area contributed by atoms with E-state index in [0.717, 1.165) is 11.3 Å². The highest BCUT2D eigenvalue weighted by Crippen LogP contribution is 2.16. The molecule has 0 saturated carbocycles. The number of aromatic nitrogens is 1. The number of methoxy groups -OCH3 is 1. The van der Waals surface area contributed by atoms with Crippen LogP contribution in [0.3, 0.4) is 0 Å². The number of aryl methyl sites for hydroxylation is 1. The smallest absolute Gasteiger partial charge is 0.213 e. The molecule has 6 heteroatoms. The zero-order valence-corrected chi connectivity index (χ0v) is 14.4. The number of nitrogens with zero attached hydrogens (tertiary/aromatic N) is 2. The van der Waals surface area contributed by atoms with Crippen LogP contribution in [0.15, 0.2) is 41.4 Å². The minimum atomic E-state index is -0.204. The molecule has 0 bridgehead atoms. The molecule has 0 amide bonds. The van der Waals surface area contributed by atoms with Crippen LogP contribution in [0.25, 0.3) is 0 Å². The molecule has 1 aromatic carbocycles. The molecule has 1 atom stereocenters. The van der Waals surface area contributed by atoms with Crippen LogP contribution in [0.5, 0.6) is 5.88 Å². The summed E-state index contributed by atoms with van der Waals surface area (Å²) < 4.78 is 18.8. The van der Waals surface area contributed by atoms with Crippen LogP contribution in [0, 0.1) is 12.7 Å². The van der Waals surface area contributed by atoms with Gasteiger partial charge in [0, 0.05) is 13.1 Å². The first-order valence-electron chi connectivity index (χ1n) is 7.76. The molecule has 0 aliphatic carbocycles. The maximum Gasteiger partial charge on any atom is 0.213 e. The number of nitrogens with one attached hydrogen (secondary N) is 2. The number of guanidine groups is 1. The van der Waals surface area contributed by atoms with Crippen molar-refractivity contribution in [1.82, 2.24) is 15.6 Å². The maximum absolute atomic E-state index is 13.7. The van der Waals surface area contributed by atoms with Gasteiger partial charge >= 0.3 is 0 Å². The lowest BCUT2D eigenvalue weighted by Gasteiger charge is -2.18. The zero-order valence-electron chi connectivity index (χ0n) is 14.4. The molecule has 1 aromatic heterocycles. The van der Waals surface area contributed by atoms with Gasteiger partial charge in [0.1, 0.15) is 5.82 Å². The Hall–Kier alpha value is -2.63. The third-order valence-electron chi connectivity index (χ3n) is 3.70. The summed E-state index contributed by atoms with van der Waals surface area (Å²) in [5, 5.41) is 6.43. The van der Waals surface area contributed by atoms with Crippen molar-refractivity contribution in [3.8, 4) is 5.88 Å². The highest BCUT2D eigenvalue weighted by atomic mass is 19.1. The van der Waals surface area contributed by atoms with E-state index in [1.54, 1.807) is 39.3 Å². The first-order valence-corrected chi connectivity index (χ1v) is 7.76. The van der Waals surface area contributed by atoms with Crippen molar-refractivity contribution in [2.75, 3.05) is 14.2 Å². The summed E-state index contributed by atoms with van der Waals surface area (Å²) in [6.45, 7) is 4.21. The molecular weight excluding hydrogens is 307 g/mol. The number of aliphatic imine (C=N–C) groups is 1. The molecule has 1 unspecified atom stereocenters. The first-order chi connectivity index (χ1) is 11.5. The Morgan fingerprint density at radius 2 is 2.12 bits per heavy atom. The SMILES string of the molecule is CN=C(NCc1cccc(OC)n1)NC(C)c1ccc(C)c(F)c1. The second-order valence-corrected chi connectivity index (χ2v) is 5.47. The Morgan fingerprint density at radius 1 is 1.33 bits per heavy atom. The van der Waals surface area contributed by atoms with Crippen molar-refractivity contribution in [2.24, 2.45) is 4.99 Å². The fraction of sp³-hybridized carbons (Fsp3) is 0.333. The lowest BCUT2D eigenvalue weighted by atomic mass is 10.1. The van der Waals surface area contributed by atoms with Gasteiger partial charge in [-0.1, -0.05) is 18.2 Å². The molecule has 2 aromatic rings. The van der Waals surface area contributed by atoms with E-state index >= 15 is 0 Å². The predicted molar refractivity (Wildman–Crippen MR) is 93.7 cm³/mol. The summed E-state index contributed by atoms with van der Waals surface area (Å²) in [6, 6.07) is 10.7. The number of halogens is 1. The molecule has 0 aliphatic heterocycles. The average molecular weight is 330 g/mol. The number of ether oxygens (including phenoxy) is 1. The quantitative estimate of drug-likeness (QED) is 0.654. The largest absolute Gasteiger partial charge is 0.481 e. The van der Waals surface area contributed by atoms with Gasteiger partial charge in [0.25, 0.3) is 0 Å². The first kappa shape index (κ1) is 17.7. The molecule has 1 heterocycles. The second kappa shape index (κ2) is 8.29. The summed E-state index contributed by atoms with van der Waals surface area (Å²) in [5.41, 5.74) is 2.34. The summed E-state index contributed by atoms with van der Waals surface area (Å²) >= 11 is 0. The third kappa shape index (κ3) is 4.68. The maximum atomic E-state index is 13.7. The van der Waals surface area contributed by atoms with Gasteiger partial charge < -0.3 is 15.4 Å². The third-order valence-corrected chi connectivity index (χ3v) is 3.70. The Kier molecular flexibility index (Phi) is 6.12. The summed E-state index contributed by atoms with van der Waals surface area (Å²) in [6.07, 6.45) is 0. The molecule has 0 aliphatic rings. The van der Waals surface area contributed by atoms with E-state index < -0.39 is 0 Å². The highest BCUT2D eigenvalue weighted by molar-refractivity contribution is 5.80. The fourth-order valence-corrected chi connectivity index (χ4v) is 2.21. The average Bonchev–Trinajstić information content (AvgIpc) is 2.60. The Balaban J connectivity index is 1.97. The second-order valence-electron chi connectivity index (χ2n) is 5.47. The van der Waals surface area contributed by atoms with Crippen LogP contribution in [-0.2, 0) is 6.54 Å². The van der Waals surface area contributed by atoms with Crippen LogP contribution < -0.4 is 15.4 Å². The number of pyridine rings is 1.